The molecule has 1 aromatic rings. The van der Waals surface area contributed by atoms with Gasteiger partial charge >= 0.3 is 0 Å². The third-order valence-electron chi connectivity index (χ3n) is 2.94. The molecule has 1 fully saturated rings. The molecule has 1 N–H and O–H groups in total. The molecule has 0 radical (unpaired) electrons. The monoisotopic (exact) mass is 187 g/mol. The molecule has 2 heteroatoms. The van der Waals surface area contributed by atoms with Gasteiger partial charge in [0.15, 0.2) is 6.23 Å². The summed E-state index contributed by atoms with van der Waals surface area (Å²) in [6, 6.07) is 8.36. The molecule has 2 unspecified atom stereocenters. The topological polar surface area (TPSA) is 21.3 Å². The van der Waals surface area contributed by atoms with Crippen molar-refractivity contribution in [1.82, 2.24) is 5.32 Å². The maximum atomic E-state index is 5.69. The third-order valence-corrected chi connectivity index (χ3v) is 2.94. The van der Waals surface area contributed by atoms with Crippen LogP contribution in [0.1, 0.15) is 6.42 Å². The largest absolute Gasteiger partial charge is 0.482 e. The lowest BCUT2D eigenvalue weighted by Crippen LogP contribution is -2.26. The van der Waals surface area contributed by atoms with Crippen LogP contribution in [0, 0.1) is 5.92 Å². The Morgan fingerprint density at radius 2 is 2.07 bits per heavy atom. The van der Waals surface area contributed by atoms with Gasteiger partial charge in [-0.15, -0.1) is 0 Å². The molecule has 0 spiro atoms. The molecule has 2 heterocycles. The van der Waals surface area contributed by atoms with Gasteiger partial charge in [-0.3, -0.25) is 5.32 Å². The van der Waals surface area contributed by atoms with Crippen LogP contribution in [0.15, 0.2) is 24.3 Å². The van der Waals surface area contributed by atoms with E-state index in [2.05, 4.69) is 29.6 Å². The molecule has 0 aliphatic carbocycles. The Morgan fingerprint density at radius 3 is 3.00 bits per heavy atom. The van der Waals surface area contributed by atoms with E-state index < -0.39 is 0 Å². The predicted octanol–water partition coefficient (Wildman–Crippen LogP) is 0.171. The van der Waals surface area contributed by atoms with E-state index in [1.54, 1.807) is 0 Å². The lowest BCUT2D eigenvalue weighted by atomic mass is 10.1. The fourth-order valence-electron chi connectivity index (χ4n) is 2.16. The number of hydrogen-bond acceptors (Lipinski definition) is 2. The number of ether oxygens (including phenoxy) is 1. The molecule has 1 aromatic carbocycles. The summed E-state index contributed by atoms with van der Waals surface area (Å²) < 4.78 is 5.69. The molecule has 0 aromatic heterocycles. The van der Waals surface area contributed by atoms with Gasteiger partial charge in [0, 0.05) is 11.1 Å². The number of fused-ring (bicyclic) bond motifs is 2. The van der Waals surface area contributed by atoms with E-state index >= 15 is 0 Å². The molecule has 3 rings (SSSR count). The molecular weight excluding hydrogens is 174 g/mol. The first-order valence-electron chi connectivity index (χ1n) is 5.09. The summed E-state index contributed by atoms with van der Waals surface area (Å²) in [5.74, 6) is 0.523. The summed E-state index contributed by atoms with van der Waals surface area (Å²) >= 11 is 0. The van der Waals surface area contributed by atoms with Crippen molar-refractivity contribution in [2.24, 2.45) is 5.92 Å². The van der Waals surface area contributed by atoms with E-state index in [0.29, 0.717) is 5.92 Å². The minimum absolute atomic E-state index is 0.183. The standard InChI is InChI=1S/C12H13NO/c1-2-4-11-8-14-12-10(5-6-13-12)7-9(11)3-1/h1-4,7-8,10,12-13H,5-6H2. The van der Waals surface area contributed by atoms with Gasteiger partial charge in [-0.05, 0) is 18.2 Å². The van der Waals surface area contributed by atoms with Gasteiger partial charge in [0.1, 0.15) is 0 Å². The Balaban J connectivity index is 2.18. The van der Waals surface area contributed by atoms with Crippen LogP contribution >= 0.6 is 0 Å². The molecule has 0 saturated carbocycles. The summed E-state index contributed by atoms with van der Waals surface area (Å²) in [5, 5.41) is 5.83. The highest BCUT2D eigenvalue weighted by molar-refractivity contribution is 5.35. The molecule has 2 nitrogen and oxygen atoms in total. The maximum Gasteiger partial charge on any atom is 0.155 e. The van der Waals surface area contributed by atoms with Gasteiger partial charge in [0.2, 0.25) is 0 Å². The smallest absolute Gasteiger partial charge is 0.155 e. The van der Waals surface area contributed by atoms with Crippen molar-refractivity contribution in [3.05, 3.63) is 34.7 Å². The van der Waals surface area contributed by atoms with Gasteiger partial charge in [0.05, 0.1) is 6.26 Å². The normalized spacial score (nSPS) is 28.9. The molecule has 2 atom stereocenters. The fourth-order valence-corrected chi connectivity index (χ4v) is 2.16. The van der Waals surface area contributed by atoms with Gasteiger partial charge < -0.3 is 4.74 Å². The molecule has 72 valence electrons. The number of rotatable bonds is 0. The van der Waals surface area contributed by atoms with Crippen molar-refractivity contribution < 1.29 is 4.74 Å². The lowest BCUT2D eigenvalue weighted by Gasteiger charge is -2.13. The average Bonchev–Trinajstić information content (AvgIpc) is 2.58. The van der Waals surface area contributed by atoms with Crippen molar-refractivity contribution in [1.29, 1.82) is 0 Å². The van der Waals surface area contributed by atoms with Crippen LogP contribution in [-0.2, 0) is 4.74 Å². The third kappa shape index (κ3) is 1.23. The van der Waals surface area contributed by atoms with Gasteiger partial charge in [0.25, 0.3) is 0 Å². The van der Waals surface area contributed by atoms with Crippen molar-refractivity contribution in [3.8, 4) is 0 Å². The van der Waals surface area contributed by atoms with E-state index in [1.807, 2.05) is 12.3 Å². The molecule has 2 aliphatic heterocycles. The van der Waals surface area contributed by atoms with E-state index in [1.165, 1.54) is 16.9 Å². The minimum Gasteiger partial charge on any atom is -0.482 e. The Labute approximate surface area is 82.9 Å². The van der Waals surface area contributed by atoms with Crippen molar-refractivity contribution in [2.75, 3.05) is 6.54 Å². The van der Waals surface area contributed by atoms with Gasteiger partial charge in [-0.2, -0.15) is 0 Å². The highest BCUT2D eigenvalue weighted by atomic mass is 16.5. The van der Waals surface area contributed by atoms with E-state index in [0.717, 1.165) is 6.54 Å². The summed E-state index contributed by atoms with van der Waals surface area (Å²) in [7, 11) is 0. The summed E-state index contributed by atoms with van der Waals surface area (Å²) in [6.45, 7) is 1.06. The second-order valence-electron chi connectivity index (χ2n) is 3.88. The molecule has 0 bridgehead atoms. The number of hydrogen-bond donors (Lipinski definition) is 1. The minimum atomic E-state index is 0.183. The fraction of sp³-hybridized carbons (Fsp3) is 0.333. The highest BCUT2D eigenvalue weighted by Crippen LogP contribution is 2.18. The molecule has 1 saturated heterocycles. The van der Waals surface area contributed by atoms with Gasteiger partial charge in [-0.1, -0.05) is 30.3 Å². The molecule has 2 aliphatic rings. The average molecular weight is 187 g/mol. The van der Waals surface area contributed by atoms with Crippen LogP contribution < -0.4 is 15.8 Å². The second-order valence-corrected chi connectivity index (χ2v) is 3.88. The zero-order chi connectivity index (χ0) is 9.38. The zero-order valence-electron chi connectivity index (χ0n) is 7.94. The van der Waals surface area contributed by atoms with Crippen molar-refractivity contribution >= 4 is 12.3 Å². The summed E-state index contributed by atoms with van der Waals surface area (Å²) in [5.41, 5.74) is 0. The SMILES string of the molecule is C1=c2ccccc2=CC2CCNC2O1. The van der Waals surface area contributed by atoms with Crippen LogP contribution in [-0.4, -0.2) is 12.8 Å². The van der Waals surface area contributed by atoms with Crippen LogP contribution in [0.2, 0.25) is 0 Å². The van der Waals surface area contributed by atoms with E-state index in [4.69, 9.17) is 4.74 Å². The Hall–Kier alpha value is -1.28. The first-order valence-corrected chi connectivity index (χ1v) is 5.09. The second kappa shape index (κ2) is 3.14. The molecular formula is C12H13NO. The Bertz CT molecular complexity index is 452. The number of nitrogens with one attached hydrogen (secondary N) is 1. The first kappa shape index (κ1) is 8.06. The quantitative estimate of drug-likeness (QED) is 0.625. The Kier molecular flexibility index (Phi) is 1.81. The zero-order valence-corrected chi connectivity index (χ0v) is 7.94. The maximum absolute atomic E-state index is 5.69. The summed E-state index contributed by atoms with van der Waals surface area (Å²) in [6.07, 6.45) is 5.55. The van der Waals surface area contributed by atoms with E-state index in [-0.39, 0.29) is 6.23 Å². The number of benzene rings is 1. The van der Waals surface area contributed by atoms with Crippen molar-refractivity contribution in [3.63, 3.8) is 0 Å². The van der Waals surface area contributed by atoms with Gasteiger partial charge in [-0.25, -0.2) is 0 Å². The van der Waals surface area contributed by atoms with Crippen LogP contribution in [0.3, 0.4) is 0 Å². The summed E-state index contributed by atoms with van der Waals surface area (Å²) in [4.78, 5) is 0. The lowest BCUT2D eigenvalue weighted by molar-refractivity contribution is 0.144. The highest BCUT2D eigenvalue weighted by Gasteiger charge is 2.26. The molecule has 0 amide bonds. The predicted molar refractivity (Wildman–Crippen MR) is 55.6 cm³/mol. The molecule has 14 heavy (non-hydrogen) atoms. The Morgan fingerprint density at radius 1 is 1.21 bits per heavy atom. The van der Waals surface area contributed by atoms with Crippen LogP contribution in [0.4, 0.5) is 0 Å². The van der Waals surface area contributed by atoms with Crippen LogP contribution in [0.5, 0.6) is 0 Å². The van der Waals surface area contributed by atoms with Crippen molar-refractivity contribution in [2.45, 2.75) is 12.6 Å². The van der Waals surface area contributed by atoms with E-state index in [9.17, 15) is 0 Å². The van der Waals surface area contributed by atoms with Crippen LogP contribution in [0.25, 0.3) is 12.3 Å². The first-order chi connectivity index (χ1) is 6.93.